The molecule has 0 aliphatic heterocycles. The maximum Gasteiger partial charge on any atom is 0.199 e. The summed E-state index contributed by atoms with van der Waals surface area (Å²) in [4.78, 5) is 44.6. The molecule has 0 saturated heterocycles. The number of hydrogen-bond donors (Lipinski definition) is 2. The molecule has 1 unspecified atom stereocenters. The van der Waals surface area contributed by atoms with Crippen molar-refractivity contribution in [2.24, 2.45) is 0 Å². The number of ketones is 2. The van der Waals surface area contributed by atoms with Gasteiger partial charge in [-0.1, -0.05) is 55.3 Å². The average molecular weight is 492 g/mol. The molecule has 178 valence electrons. The minimum Gasteiger partial charge on any atom is -0.367 e. The number of unbranched alkanes of at least 4 members (excludes halogenated alkanes) is 1. The zero-order valence-corrected chi connectivity index (χ0v) is 19.7. The molecule has 1 atom stereocenters. The number of rotatable bonds is 10. The summed E-state index contributed by atoms with van der Waals surface area (Å²) in [6, 6.07) is 12.8. The van der Waals surface area contributed by atoms with Crippen LogP contribution in [0.4, 0.5) is 10.1 Å². The highest BCUT2D eigenvalue weighted by Gasteiger charge is 2.26. The summed E-state index contributed by atoms with van der Waals surface area (Å²) in [5.41, 5.74) is 1.89. The zero-order chi connectivity index (χ0) is 24.9. The van der Waals surface area contributed by atoms with Crippen molar-refractivity contribution < 1.29 is 18.8 Å². The van der Waals surface area contributed by atoms with Gasteiger partial charge in [-0.25, -0.2) is 9.37 Å². The van der Waals surface area contributed by atoms with Gasteiger partial charge in [-0.15, -0.1) is 0 Å². The van der Waals surface area contributed by atoms with E-state index in [0.29, 0.717) is 23.7 Å². The van der Waals surface area contributed by atoms with Crippen LogP contribution in [0.25, 0.3) is 22.2 Å². The Hall–Kier alpha value is -3.84. The number of aldehydes is 1. The number of H-pyrrole nitrogens is 1. The van der Waals surface area contributed by atoms with Crippen molar-refractivity contribution in [2.45, 2.75) is 32.2 Å². The van der Waals surface area contributed by atoms with E-state index < -0.39 is 17.6 Å². The molecule has 0 aliphatic rings. The van der Waals surface area contributed by atoms with Crippen LogP contribution in [-0.4, -0.2) is 33.9 Å². The van der Waals surface area contributed by atoms with Gasteiger partial charge in [-0.05, 0) is 30.2 Å². The number of halogens is 2. The van der Waals surface area contributed by atoms with Gasteiger partial charge in [-0.3, -0.25) is 9.59 Å². The molecule has 2 aromatic carbocycles. The van der Waals surface area contributed by atoms with Crippen molar-refractivity contribution in [3.63, 3.8) is 0 Å². The molecule has 0 bridgehead atoms. The molecular weight excluding hydrogens is 469 g/mol. The minimum absolute atomic E-state index is 0.0838. The Morgan fingerprint density at radius 1 is 1.17 bits per heavy atom. The van der Waals surface area contributed by atoms with Gasteiger partial charge in [0.05, 0.1) is 16.3 Å². The first kappa shape index (κ1) is 24.3. The number of anilines is 1. The first-order valence-electron chi connectivity index (χ1n) is 11.2. The quantitative estimate of drug-likeness (QED) is 0.161. The highest BCUT2D eigenvalue weighted by molar-refractivity contribution is 6.35. The molecule has 2 aromatic heterocycles. The number of carbonyl (C=O) groups excluding carboxylic acids is 3. The summed E-state index contributed by atoms with van der Waals surface area (Å²) in [6.07, 6.45) is 5.20. The fourth-order valence-corrected chi connectivity index (χ4v) is 4.08. The van der Waals surface area contributed by atoms with Crippen molar-refractivity contribution in [1.29, 1.82) is 0 Å². The number of benzene rings is 2. The van der Waals surface area contributed by atoms with Crippen LogP contribution in [-0.2, 0) is 9.59 Å². The van der Waals surface area contributed by atoms with Gasteiger partial charge in [0.1, 0.15) is 18.0 Å². The van der Waals surface area contributed by atoms with Crippen LogP contribution in [0.3, 0.4) is 0 Å². The van der Waals surface area contributed by atoms with Gasteiger partial charge in [0.15, 0.2) is 17.4 Å². The number of nitrogens with one attached hydrogen (secondary N) is 2. The molecule has 2 N–H and O–H groups in total. The number of nitrogens with zero attached hydrogens (tertiary/aromatic N) is 1. The van der Waals surface area contributed by atoms with E-state index in [9.17, 15) is 14.4 Å². The number of aromatic amines is 1. The average Bonchev–Trinajstić information content (AvgIpc) is 3.30. The predicted octanol–water partition coefficient (Wildman–Crippen LogP) is 5.99. The van der Waals surface area contributed by atoms with Crippen molar-refractivity contribution in [1.82, 2.24) is 9.97 Å². The van der Waals surface area contributed by atoms with Crippen LogP contribution in [0, 0.1) is 5.82 Å². The van der Waals surface area contributed by atoms with Gasteiger partial charge < -0.3 is 15.1 Å². The molecular formula is C27H23ClFN3O3. The van der Waals surface area contributed by atoms with Crippen molar-refractivity contribution >= 4 is 46.2 Å². The molecule has 8 heteroatoms. The van der Waals surface area contributed by atoms with Crippen molar-refractivity contribution in [3.05, 3.63) is 82.9 Å². The molecule has 0 fully saturated rings. The maximum atomic E-state index is 15.5. The van der Waals surface area contributed by atoms with Gasteiger partial charge >= 0.3 is 0 Å². The Balaban J connectivity index is 1.70. The minimum atomic E-state index is -1.22. The van der Waals surface area contributed by atoms with Crippen LogP contribution in [0.1, 0.15) is 42.1 Å². The molecule has 0 saturated carbocycles. The number of carbonyl (C=O) groups is 3. The second-order valence-electron chi connectivity index (χ2n) is 8.13. The Kier molecular flexibility index (Phi) is 7.36. The van der Waals surface area contributed by atoms with Crippen LogP contribution in [0.5, 0.6) is 0 Å². The molecule has 0 spiro atoms. The van der Waals surface area contributed by atoms with Gasteiger partial charge in [0.2, 0.25) is 0 Å². The van der Waals surface area contributed by atoms with Gasteiger partial charge in [0, 0.05) is 35.3 Å². The topological polar surface area (TPSA) is 91.9 Å². The monoisotopic (exact) mass is 491 g/mol. The molecule has 0 amide bonds. The third-order valence-electron chi connectivity index (χ3n) is 5.77. The normalized spacial score (nSPS) is 11.9. The van der Waals surface area contributed by atoms with Crippen LogP contribution < -0.4 is 5.32 Å². The summed E-state index contributed by atoms with van der Waals surface area (Å²) in [7, 11) is 0. The van der Waals surface area contributed by atoms with Gasteiger partial charge in [-0.2, -0.15) is 0 Å². The smallest absolute Gasteiger partial charge is 0.199 e. The third-order valence-corrected chi connectivity index (χ3v) is 6.09. The summed E-state index contributed by atoms with van der Waals surface area (Å²) in [6.45, 7) is 1.93. The fraction of sp³-hybridized carbons (Fsp3) is 0.185. The first-order chi connectivity index (χ1) is 16.9. The van der Waals surface area contributed by atoms with Crippen LogP contribution in [0.15, 0.2) is 60.9 Å². The van der Waals surface area contributed by atoms with Crippen molar-refractivity contribution in [2.75, 3.05) is 5.32 Å². The lowest BCUT2D eigenvalue weighted by atomic mass is 9.99. The molecule has 4 rings (SSSR count). The largest absolute Gasteiger partial charge is 0.367 e. The summed E-state index contributed by atoms with van der Waals surface area (Å²) < 4.78 is 15.5. The Labute approximate surface area is 206 Å². The SMILES string of the molecule is CCCCC(=O)C(C=O)Nc1ccc(Cl)c(C(=O)c2c[nH]c3ncc(-c4ccccc4)cc23)c1F. The number of aromatic nitrogens is 2. The summed E-state index contributed by atoms with van der Waals surface area (Å²) in [5.74, 6) is -1.92. The third kappa shape index (κ3) is 5.00. The molecule has 35 heavy (non-hydrogen) atoms. The van der Waals surface area contributed by atoms with E-state index >= 15 is 4.39 Å². The van der Waals surface area contributed by atoms with Crippen LogP contribution in [0.2, 0.25) is 5.02 Å². The molecule has 0 radical (unpaired) electrons. The number of hydrogen-bond acceptors (Lipinski definition) is 5. The van der Waals surface area contributed by atoms with Crippen LogP contribution >= 0.6 is 11.6 Å². The highest BCUT2D eigenvalue weighted by atomic mass is 35.5. The number of fused-ring (bicyclic) bond motifs is 1. The second-order valence-corrected chi connectivity index (χ2v) is 8.54. The first-order valence-corrected chi connectivity index (χ1v) is 11.6. The standard InChI is InChI=1S/C27H23ClFN3O3/c1-2-3-9-23(34)22(15-33)32-21-11-10-20(28)24(25(21)29)26(35)19-14-31-27-18(19)12-17(13-30-27)16-7-5-4-6-8-16/h4-8,10-15,22,32H,2-3,9H2,1H3,(H,30,31). The molecule has 6 nitrogen and oxygen atoms in total. The van der Waals surface area contributed by atoms with E-state index in [2.05, 4.69) is 15.3 Å². The van der Waals surface area contributed by atoms with E-state index in [0.717, 1.165) is 17.5 Å². The van der Waals surface area contributed by atoms with Crippen molar-refractivity contribution in [3.8, 4) is 11.1 Å². The van der Waals surface area contributed by atoms with Gasteiger partial charge in [0.25, 0.3) is 0 Å². The Morgan fingerprint density at radius 2 is 1.94 bits per heavy atom. The fourth-order valence-electron chi connectivity index (χ4n) is 3.85. The van der Waals surface area contributed by atoms with E-state index in [4.69, 9.17) is 11.6 Å². The highest BCUT2D eigenvalue weighted by Crippen LogP contribution is 2.31. The summed E-state index contributed by atoms with van der Waals surface area (Å²) in [5, 5.41) is 3.05. The van der Waals surface area contributed by atoms with E-state index in [1.807, 2.05) is 43.3 Å². The second kappa shape index (κ2) is 10.6. The Bertz CT molecular complexity index is 1400. The van der Waals surface area contributed by atoms with E-state index in [1.54, 1.807) is 6.20 Å². The lowest BCUT2D eigenvalue weighted by Gasteiger charge is -2.16. The van der Waals surface area contributed by atoms with E-state index in [1.165, 1.54) is 18.3 Å². The summed E-state index contributed by atoms with van der Waals surface area (Å²) >= 11 is 6.24. The molecule has 0 aliphatic carbocycles. The molecule has 2 heterocycles. The number of Topliss-reactive ketones (excluding diaryl/α,β-unsaturated/α-hetero) is 1. The number of pyridine rings is 1. The molecule has 4 aromatic rings. The Morgan fingerprint density at radius 3 is 2.66 bits per heavy atom. The lowest BCUT2D eigenvalue weighted by Crippen LogP contribution is -2.31. The maximum absolute atomic E-state index is 15.5. The lowest BCUT2D eigenvalue weighted by molar-refractivity contribution is -0.123. The predicted molar refractivity (Wildman–Crippen MR) is 134 cm³/mol. The van der Waals surface area contributed by atoms with E-state index in [-0.39, 0.29) is 34.0 Å². The zero-order valence-electron chi connectivity index (χ0n) is 19.0.